The average Bonchev–Trinajstić information content (AvgIpc) is 2.37. The fraction of sp³-hybridized carbons (Fsp3) is 0.333. The highest BCUT2D eigenvalue weighted by Gasteiger charge is 2.05. The van der Waals surface area contributed by atoms with Crippen LogP contribution < -0.4 is 5.32 Å². The Labute approximate surface area is 100 Å². The Balaban J connectivity index is 2.32. The first-order chi connectivity index (χ1) is 8.29. The van der Waals surface area contributed by atoms with E-state index in [0.29, 0.717) is 11.5 Å². The van der Waals surface area contributed by atoms with Crippen LogP contribution in [0.5, 0.6) is 0 Å². The minimum Gasteiger partial charge on any atom is -0.370 e. The zero-order valence-electron chi connectivity index (χ0n) is 10.0. The number of nitrogens with zero attached hydrogens (tertiary/aromatic N) is 4. The summed E-state index contributed by atoms with van der Waals surface area (Å²) < 4.78 is 0. The first-order valence-corrected chi connectivity index (χ1v) is 5.65. The molecule has 5 nitrogen and oxygen atoms in total. The van der Waals surface area contributed by atoms with Gasteiger partial charge in [0, 0.05) is 30.7 Å². The smallest absolute Gasteiger partial charge is 0.182 e. The molecule has 0 unspecified atom stereocenters. The molecular formula is C12H15N5. The molecule has 0 aliphatic rings. The van der Waals surface area contributed by atoms with Crippen LogP contribution in [-0.2, 0) is 0 Å². The van der Waals surface area contributed by atoms with Gasteiger partial charge < -0.3 is 5.32 Å². The van der Waals surface area contributed by atoms with Crippen LogP contribution >= 0.6 is 0 Å². The third-order valence-electron chi connectivity index (χ3n) is 2.20. The van der Waals surface area contributed by atoms with E-state index in [0.717, 1.165) is 24.5 Å². The standard InChI is InChI=1S/C12H15N5/c1-3-4-15-11-7-9(2)16-12(17-11)10-8-13-5-6-14-10/h5-8H,3-4H2,1-2H3,(H,15,16,17). The summed E-state index contributed by atoms with van der Waals surface area (Å²) in [5.41, 5.74) is 1.61. The van der Waals surface area contributed by atoms with Gasteiger partial charge in [0.15, 0.2) is 5.82 Å². The van der Waals surface area contributed by atoms with Gasteiger partial charge in [-0.05, 0) is 13.3 Å². The molecule has 2 heterocycles. The van der Waals surface area contributed by atoms with Gasteiger partial charge in [-0.3, -0.25) is 4.98 Å². The van der Waals surface area contributed by atoms with Crippen LogP contribution in [0.2, 0.25) is 0 Å². The third kappa shape index (κ3) is 2.96. The van der Waals surface area contributed by atoms with Gasteiger partial charge in [-0.2, -0.15) is 0 Å². The van der Waals surface area contributed by atoms with Crippen LogP contribution in [0.3, 0.4) is 0 Å². The van der Waals surface area contributed by atoms with Crippen LogP contribution in [-0.4, -0.2) is 26.5 Å². The molecular weight excluding hydrogens is 214 g/mol. The van der Waals surface area contributed by atoms with E-state index in [4.69, 9.17) is 0 Å². The van der Waals surface area contributed by atoms with E-state index in [2.05, 4.69) is 32.2 Å². The molecule has 2 rings (SSSR count). The number of anilines is 1. The Morgan fingerprint density at radius 2 is 2.12 bits per heavy atom. The summed E-state index contributed by atoms with van der Waals surface area (Å²) in [6.45, 7) is 4.96. The van der Waals surface area contributed by atoms with E-state index >= 15 is 0 Å². The highest BCUT2D eigenvalue weighted by molar-refractivity contribution is 5.51. The summed E-state index contributed by atoms with van der Waals surface area (Å²) in [4.78, 5) is 17.0. The van der Waals surface area contributed by atoms with Gasteiger partial charge in [0.2, 0.25) is 0 Å². The zero-order chi connectivity index (χ0) is 12.1. The van der Waals surface area contributed by atoms with E-state index in [-0.39, 0.29) is 0 Å². The molecule has 0 aliphatic carbocycles. The van der Waals surface area contributed by atoms with Crippen LogP contribution in [0.1, 0.15) is 19.0 Å². The predicted molar refractivity (Wildman–Crippen MR) is 66.6 cm³/mol. The molecule has 0 amide bonds. The van der Waals surface area contributed by atoms with Crippen molar-refractivity contribution in [2.75, 3.05) is 11.9 Å². The number of hydrogen-bond acceptors (Lipinski definition) is 5. The second-order valence-corrected chi connectivity index (χ2v) is 3.74. The van der Waals surface area contributed by atoms with Gasteiger partial charge in [0.25, 0.3) is 0 Å². The summed E-state index contributed by atoms with van der Waals surface area (Å²) in [5, 5.41) is 3.25. The van der Waals surface area contributed by atoms with E-state index in [1.165, 1.54) is 0 Å². The summed E-state index contributed by atoms with van der Waals surface area (Å²) in [5.74, 6) is 1.44. The highest BCUT2D eigenvalue weighted by Crippen LogP contribution is 2.14. The summed E-state index contributed by atoms with van der Waals surface area (Å²) >= 11 is 0. The lowest BCUT2D eigenvalue weighted by molar-refractivity contribution is 0.960. The lowest BCUT2D eigenvalue weighted by Gasteiger charge is -2.06. The van der Waals surface area contributed by atoms with E-state index in [1.54, 1.807) is 18.6 Å². The molecule has 2 aromatic heterocycles. The summed E-state index contributed by atoms with van der Waals surface area (Å²) in [7, 11) is 0. The molecule has 0 aliphatic heterocycles. The molecule has 0 radical (unpaired) electrons. The molecule has 0 bridgehead atoms. The molecule has 0 aromatic carbocycles. The molecule has 0 atom stereocenters. The van der Waals surface area contributed by atoms with Gasteiger partial charge in [0.05, 0.1) is 6.20 Å². The van der Waals surface area contributed by atoms with Crippen molar-refractivity contribution in [2.24, 2.45) is 0 Å². The Bertz CT molecular complexity index is 484. The number of hydrogen-bond donors (Lipinski definition) is 1. The molecule has 2 aromatic rings. The minimum atomic E-state index is 0.608. The Kier molecular flexibility index (Phi) is 3.59. The molecule has 1 N–H and O–H groups in total. The second-order valence-electron chi connectivity index (χ2n) is 3.74. The van der Waals surface area contributed by atoms with Crippen molar-refractivity contribution in [3.05, 3.63) is 30.4 Å². The number of nitrogens with one attached hydrogen (secondary N) is 1. The molecule has 0 saturated heterocycles. The van der Waals surface area contributed by atoms with E-state index < -0.39 is 0 Å². The van der Waals surface area contributed by atoms with Crippen molar-refractivity contribution in [3.63, 3.8) is 0 Å². The molecule has 0 spiro atoms. The zero-order valence-corrected chi connectivity index (χ0v) is 10.0. The third-order valence-corrected chi connectivity index (χ3v) is 2.20. The van der Waals surface area contributed by atoms with E-state index in [9.17, 15) is 0 Å². The van der Waals surface area contributed by atoms with Gasteiger partial charge in [-0.1, -0.05) is 6.92 Å². The number of rotatable bonds is 4. The summed E-state index contributed by atoms with van der Waals surface area (Å²) in [6.07, 6.45) is 6.00. The summed E-state index contributed by atoms with van der Waals surface area (Å²) in [6, 6.07) is 1.93. The Morgan fingerprint density at radius 1 is 1.24 bits per heavy atom. The first-order valence-electron chi connectivity index (χ1n) is 5.65. The van der Waals surface area contributed by atoms with Crippen LogP contribution in [0.25, 0.3) is 11.5 Å². The van der Waals surface area contributed by atoms with Gasteiger partial charge in [0.1, 0.15) is 11.5 Å². The highest BCUT2D eigenvalue weighted by atomic mass is 15.0. The largest absolute Gasteiger partial charge is 0.370 e. The molecule has 0 saturated carbocycles. The number of aromatic nitrogens is 4. The van der Waals surface area contributed by atoms with E-state index in [1.807, 2.05) is 13.0 Å². The maximum atomic E-state index is 4.42. The SMILES string of the molecule is CCCNc1cc(C)nc(-c2cnccn2)n1. The topological polar surface area (TPSA) is 63.6 Å². The van der Waals surface area contributed by atoms with Crippen LogP contribution in [0, 0.1) is 6.92 Å². The van der Waals surface area contributed by atoms with Gasteiger partial charge in [-0.25, -0.2) is 15.0 Å². The molecule has 17 heavy (non-hydrogen) atoms. The Hall–Kier alpha value is -2.04. The van der Waals surface area contributed by atoms with Gasteiger partial charge >= 0.3 is 0 Å². The fourth-order valence-corrected chi connectivity index (χ4v) is 1.44. The molecule has 0 fully saturated rings. The average molecular weight is 229 g/mol. The van der Waals surface area contributed by atoms with Crippen molar-refractivity contribution < 1.29 is 0 Å². The van der Waals surface area contributed by atoms with Crippen molar-refractivity contribution >= 4 is 5.82 Å². The molecule has 5 heteroatoms. The van der Waals surface area contributed by atoms with Crippen molar-refractivity contribution in [2.45, 2.75) is 20.3 Å². The lowest BCUT2D eigenvalue weighted by atomic mass is 10.3. The monoisotopic (exact) mass is 229 g/mol. The molecule has 88 valence electrons. The maximum Gasteiger partial charge on any atom is 0.182 e. The van der Waals surface area contributed by atoms with Gasteiger partial charge in [-0.15, -0.1) is 0 Å². The van der Waals surface area contributed by atoms with Crippen molar-refractivity contribution in [1.29, 1.82) is 0 Å². The van der Waals surface area contributed by atoms with Crippen molar-refractivity contribution in [1.82, 2.24) is 19.9 Å². The quantitative estimate of drug-likeness (QED) is 0.869. The lowest BCUT2D eigenvalue weighted by Crippen LogP contribution is -2.04. The second kappa shape index (κ2) is 5.34. The fourth-order valence-electron chi connectivity index (χ4n) is 1.44. The maximum absolute atomic E-state index is 4.42. The minimum absolute atomic E-state index is 0.608. The Morgan fingerprint density at radius 3 is 2.82 bits per heavy atom. The first kappa shape index (κ1) is 11.4. The van der Waals surface area contributed by atoms with Crippen LogP contribution in [0.15, 0.2) is 24.7 Å². The number of aryl methyl sites for hydroxylation is 1. The van der Waals surface area contributed by atoms with Crippen LogP contribution in [0.4, 0.5) is 5.82 Å². The van der Waals surface area contributed by atoms with Crippen molar-refractivity contribution in [3.8, 4) is 11.5 Å². The normalized spacial score (nSPS) is 10.2. The predicted octanol–water partition coefficient (Wildman–Crippen LogP) is 2.06.